The second-order valence-corrected chi connectivity index (χ2v) is 9.39. The summed E-state index contributed by atoms with van der Waals surface area (Å²) < 4.78 is 15.9. The number of carbonyl (C=O) groups is 2. The standard InChI is InChI=1S/C27H29NO5S/c1-15-24(27(30)33-4)25(16-6-9-19(34-5)10-7-16)26-20(28-15)12-18(13-21(26)29)17-8-11-22(31-2)23(14-17)32-3/h6-11,14,18,24-25H,12-13H2,1-5H3/t18-,24?,25+/m1/s1. The summed E-state index contributed by atoms with van der Waals surface area (Å²) in [4.78, 5) is 32.3. The minimum absolute atomic E-state index is 0.0186. The van der Waals surface area contributed by atoms with E-state index in [2.05, 4.69) is 0 Å². The van der Waals surface area contributed by atoms with Gasteiger partial charge in [0, 0.05) is 34.2 Å². The lowest BCUT2D eigenvalue weighted by molar-refractivity contribution is -0.143. The molecule has 7 heteroatoms. The number of carbonyl (C=O) groups excluding carboxylic acids is 2. The molecule has 178 valence electrons. The van der Waals surface area contributed by atoms with Crippen LogP contribution in [0, 0.1) is 5.92 Å². The lowest BCUT2D eigenvalue weighted by Crippen LogP contribution is -2.37. The van der Waals surface area contributed by atoms with E-state index in [9.17, 15) is 9.59 Å². The number of nitrogens with zero attached hydrogens (tertiary/aromatic N) is 1. The molecule has 6 nitrogen and oxygen atoms in total. The zero-order valence-electron chi connectivity index (χ0n) is 20.1. The predicted octanol–water partition coefficient (Wildman–Crippen LogP) is 5.17. The Labute approximate surface area is 204 Å². The SMILES string of the molecule is COC(=O)C1C(C)=NC2=C(C(=O)C[C@H](c3ccc(OC)c(OC)c3)C2)[C@H]1c1ccc(SC)cc1. The average Bonchev–Trinajstić information content (AvgIpc) is 2.86. The van der Waals surface area contributed by atoms with Gasteiger partial charge in [-0.15, -0.1) is 11.8 Å². The first-order valence-corrected chi connectivity index (χ1v) is 12.4. The summed E-state index contributed by atoms with van der Waals surface area (Å²) in [5.41, 5.74) is 3.99. The molecule has 34 heavy (non-hydrogen) atoms. The molecule has 2 aromatic carbocycles. The first kappa shape index (κ1) is 24.1. The fraction of sp³-hybridized carbons (Fsp3) is 0.370. The molecule has 0 saturated heterocycles. The summed E-state index contributed by atoms with van der Waals surface area (Å²) in [6.07, 6.45) is 2.97. The van der Waals surface area contributed by atoms with E-state index in [1.165, 1.54) is 7.11 Å². The van der Waals surface area contributed by atoms with Crippen LogP contribution < -0.4 is 9.47 Å². The van der Waals surface area contributed by atoms with Gasteiger partial charge >= 0.3 is 5.97 Å². The summed E-state index contributed by atoms with van der Waals surface area (Å²) in [5.74, 6) is -0.133. The van der Waals surface area contributed by atoms with Gasteiger partial charge in [0.15, 0.2) is 17.3 Å². The molecule has 1 aliphatic carbocycles. The van der Waals surface area contributed by atoms with Gasteiger partial charge in [-0.05, 0) is 60.9 Å². The van der Waals surface area contributed by atoms with Crippen molar-refractivity contribution in [1.82, 2.24) is 0 Å². The van der Waals surface area contributed by atoms with Gasteiger partial charge in [0.25, 0.3) is 0 Å². The topological polar surface area (TPSA) is 74.2 Å². The lowest BCUT2D eigenvalue weighted by atomic mass is 9.69. The van der Waals surface area contributed by atoms with Crippen LogP contribution in [0.4, 0.5) is 0 Å². The molecule has 0 amide bonds. The third-order valence-electron chi connectivity index (χ3n) is 6.70. The maximum absolute atomic E-state index is 13.6. The summed E-state index contributed by atoms with van der Waals surface area (Å²) in [7, 11) is 4.58. The zero-order chi connectivity index (χ0) is 24.4. The van der Waals surface area contributed by atoms with Crippen molar-refractivity contribution in [2.75, 3.05) is 27.6 Å². The number of ketones is 1. The second kappa shape index (κ2) is 10.1. The summed E-state index contributed by atoms with van der Waals surface area (Å²) in [6, 6.07) is 13.8. The molecular weight excluding hydrogens is 450 g/mol. The number of aliphatic imine (C=N–C) groups is 1. The van der Waals surface area contributed by atoms with Gasteiger partial charge < -0.3 is 14.2 Å². The van der Waals surface area contributed by atoms with Crippen molar-refractivity contribution in [3.05, 3.63) is 64.9 Å². The molecule has 1 heterocycles. The molecule has 0 fully saturated rings. The summed E-state index contributed by atoms with van der Waals surface area (Å²) in [6.45, 7) is 1.85. The molecule has 0 radical (unpaired) electrons. The molecule has 0 aromatic heterocycles. The van der Waals surface area contributed by atoms with Crippen LogP contribution >= 0.6 is 11.8 Å². The maximum Gasteiger partial charge on any atom is 0.315 e. The molecule has 2 aliphatic rings. The van der Waals surface area contributed by atoms with Crippen LogP contribution in [0.25, 0.3) is 0 Å². The van der Waals surface area contributed by atoms with Crippen molar-refractivity contribution in [3.63, 3.8) is 0 Å². The van der Waals surface area contributed by atoms with Crippen molar-refractivity contribution < 1.29 is 23.8 Å². The van der Waals surface area contributed by atoms with Crippen LogP contribution in [0.1, 0.15) is 42.7 Å². The number of rotatable bonds is 6. The highest BCUT2D eigenvalue weighted by atomic mass is 32.2. The van der Waals surface area contributed by atoms with Crippen molar-refractivity contribution in [1.29, 1.82) is 0 Å². The highest BCUT2D eigenvalue weighted by Crippen LogP contribution is 2.47. The van der Waals surface area contributed by atoms with E-state index in [0.29, 0.717) is 35.6 Å². The van der Waals surface area contributed by atoms with Crippen LogP contribution in [-0.2, 0) is 14.3 Å². The van der Waals surface area contributed by atoms with Crippen molar-refractivity contribution >= 4 is 29.2 Å². The zero-order valence-corrected chi connectivity index (χ0v) is 20.9. The number of esters is 1. The maximum atomic E-state index is 13.6. The van der Waals surface area contributed by atoms with Crippen LogP contribution in [0.15, 0.2) is 63.6 Å². The molecule has 0 saturated carbocycles. The molecular formula is C27H29NO5S. The van der Waals surface area contributed by atoms with Gasteiger partial charge in [-0.3, -0.25) is 14.6 Å². The Balaban J connectivity index is 1.77. The number of ether oxygens (including phenoxy) is 3. The van der Waals surface area contributed by atoms with Gasteiger partial charge in [-0.2, -0.15) is 0 Å². The lowest BCUT2D eigenvalue weighted by Gasteiger charge is -2.36. The molecule has 2 aromatic rings. The van der Waals surface area contributed by atoms with Gasteiger partial charge in [0.05, 0.1) is 21.3 Å². The average molecular weight is 480 g/mol. The number of benzene rings is 2. The Kier molecular flexibility index (Phi) is 7.12. The Hall–Kier alpha value is -3.06. The number of methoxy groups -OCH3 is 3. The van der Waals surface area contributed by atoms with E-state index >= 15 is 0 Å². The minimum Gasteiger partial charge on any atom is -0.493 e. The first-order valence-electron chi connectivity index (χ1n) is 11.2. The fourth-order valence-electron chi connectivity index (χ4n) is 5.01. The Bertz CT molecular complexity index is 1170. The first-order chi connectivity index (χ1) is 16.4. The van der Waals surface area contributed by atoms with E-state index in [0.717, 1.165) is 21.7 Å². The van der Waals surface area contributed by atoms with Gasteiger partial charge in [0.2, 0.25) is 0 Å². The summed E-state index contributed by atoms with van der Waals surface area (Å²) >= 11 is 1.65. The van der Waals surface area contributed by atoms with Crippen LogP contribution in [-0.4, -0.2) is 45.0 Å². The monoisotopic (exact) mass is 479 g/mol. The van der Waals surface area contributed by atoms with Crippen LogP contribution in [0.3, 0.4) is 0 Å². The highest BCUT2D eigenvalue weighted by Gasteiger charge is 2.44. The number of hydrogen-bond acceptors (Lipinski definition) is 7. The van der Waals surface area contributed by atoms with Crippen molar-refractivity contribution in [3.8, 4) is 11.5 Å². The molecule has 0 N–H and O–H groups in total. The molecule has 3 atom stereocenters. The largest absolute Gasteiger partial charge is 0.493 e. The van der Waals surface area contributed by atoms with E-state index in [-0.39, 0.29) is 17.7 Å². The number of hydrogen-bond donors (Lipinski definition) is 0. The molecule has 0 bridgehead atoms. The Morgan fingerprint density at radius 1 is 0.971 bits per heavy atom. The molecule has 1 aliphatic heterocycles. The predicted molar refractivity (Wildman–Crippen MR) is 133 cm³/mol. The number of allylic oxidation sites excluding steroid dienone is 2. The third kappa shape index (κ3) is 4.37. The number of Topliss-reactive ketones (excluding diaryl/α,β-unsaturated/α-hetero) is 1. The molecule has 1 unspecified atom stereocenters. The van der Waals surface area contributed by atoms with Crippen LogP contribution in [0.2, 0.25) is 0 Å². The number of thioether (sulfide) groups is 1. The Morgan fingerprint density at radius 2 is 1.65 bits per heavy atom. The highest BCUT2D eigenvalue weighted by molar-refractivity contribution is 7.98. The van der Waals surface area contributed by atoms with E-state index < -0.39 is 11.8 Å². The van der Waals surface area contributed by atoms with Crippen LogP contribution in [0.5, 0.6) is 11.5 Å². The van der Waals surface area contributed by atoms with E-state index in [1.54, 1.807) is 26.0 Å². The minimum atomic E-state index is -0.620. The van der Waals surface area contributed by atoms with Crippen molar-refractivity contribution in [2.24, 2.45) is 10.9 Å². The molecule has 0 spiro atoms. The normalized spacial score (nSPS) is 22.1. The van der Waals surface area contributed by atoms with Gasteiger partial charge in [0.1, 0.15) is 5.92 Å². The van der Waals surface area contributed by atoms with Gasteiger partial charge in [-0.1, -0.05) is 18.2 Å². The van der Waals surface area contributed by atoms with E-state index in [4.69, 9.17) is 19.2 Å². The third-order valence-corrected chi connectivity index (χ3v) is 7.44. The quantitative estimate of drug-likeness (QED) is 0.420. The van der Waals surface area contributed by atoms with E-state index in [1.807, 2.05) is 55.6 Å². The molecule has 4 rings (SSSR count). The summed E-state index contributed by atoms with van der Waals surface area (Å²) in [5, 5.41) is 0. The smallest absolute Gasteiger partial charge is 0.315 e. The van der Waals surface area contributed by atoms with Crippen molar-refractivity contribution in [2.45, 2.75) is 36.5 Å². The van der Waals surface area contributed by atoms with Gasteiger partial charge in [-0.25, -0.2) is 0 Å². The second-order valence-electron chi connectivity index (χ2n) is 8.51. The fourth-order valence-corrected chi connectivity index (χ4v) is 5.41. The Morgan fingerprint density at radius 3 is 2.26 bits per heavy atom.